The van der Waals surface area contributed by atoms with E-state index in [0.717, 1.165) is 0 Å². The van der Waals surface area contributed by atoms with Gasteiger partial charge >= 0.3 is 5.97 Å². The molecule has 5 nitrogen and oxygen atoms in total. The number of carboxylic acid groups (broad SMARTS) is 1. The Morgan fingerprint density at radius 1 is 1.50 bits per heavy atom. The predicted molar refractivity (Wildman–Crippen MR) is 59.7 cm³/mol. The number of hydrogen-bond acceptors (Lipinski definition) is 4. The fourth-order valence-corrected chi connectivity index (χ4v) is 1.52. The SMILES string of the molecule is COc1cccc2cc(C(=O)O)c(N)nc12. The smallest absolute Gasteiger partial charge is 0.339 e. The van der Waals surface area contributed by atoms with Crippen LogP contribution < -0.4 is 10.5 Å². The first kappa shape index (κ1) is 10.2. The Balaban J connectivity index is 2.78. The Hall–Kier alpha value is -2.30. The van der Waals surface area contributed by atoms with Gasteiger partial charge in [-0.05, 0) is 12.1 Å². The van der Waals surface area contributed by atoms with Crippen molar-refractivity contribution in [2.75, 3.05) is 12.8 Å². The number of hydrogen-bond donors (Lipinski definition) is 2. The van der Waals surface area contributed by atoms with Crippen LogP contribution in [-0.4, -0.2) is 23.2 Å². The summed E-state index contributed by atoms with van der Waals surface area (Å²) in [6.07, 6.45) is 0. The second-order valence-corrected chi connectivity index (χ2v) is 3.26. The first-order valence-corrected chi connectivity index (χ1v) is 4.60. The van der Waals surface area contributed by atoms with Crippen LogP contribution in [0.2, 0.25) is 0 Å². The van der Waals surface area contributed by atoms with E-state index < -0.39 is 5.97 Å². The maximum absolute atomic E-state index is 10.9. The largest absolute Gasteiger partial charge is 0.494 e. The lowest BCUT2D eigenvalue weighted by Gasteiger charge is -2.06. The number of benzene rings is 1. The average Bonchev–Trinajstić information content (AvgIpc) is 2.27. The molecule has 0 saturated heterocycles. The van der Waals surface area contributed by atoms with E-state index in [2.05, 4.69) is 4.98 Å². The number of nitrogens with zero attached hydrogens (tertiary/aromatic N) is 1. The summed E-state index contributed by atoms with van der Waals surface area (Å²) in [7, 11) is 1.53. The number of ether oxygens (including phenoxy) is 1. The van der Waals surface area contributed by atoms with Crippen LogP contribution in [-0.2, 0) is 0 Å². The zero-order chi connectivity index (χ0) is 11.7. The van der Waals surface area contributed by atoms with Crippen molar-refractivity contribution in [3.8, 4) is 5.75 Å². The summed E-state index contributed by atoms with van der Waals surface area (Å²) in [6, 6.07) is 6.76. The Morgan fingerprint density at radius 2 is 2.25 bits per heavy atom. The molecule has 16 heavy (non-hydrogen) atoms. The molecule has 0 aliphatic heterocycles. The summed E-state index contributed by atoms with van der Waals surface area (Å²) < 4.78 is 5.12. The van der Waals surface area contributed by atoms with Crippen LogP contribution >= 0.6 is 0 Å². The predicted octanol–water partition coefficient (Wildman–Crippen LogP) is 1.52. The molecule has 2 rings (SSSR count). The lowest BCUT2D eigenvalue weighted by Crippen LogP contribution is -2.05. The molecule has 3 N–H and O–H groups in total. The van der Waals surface area contributed by atoms with Crippen molar-refractivity contribution < 1.29 is 14.6 Å². The average molecular weight is 218 g/mol. The molecule has 0 amide bonds. The van der Waals surface area contributed by atoms with E-state index in [9.17, 15) is 4.79 Å². The van der Waals surface area contributed by atoms with Crippen LogP contribution in [0, 0.1) is 0 Å². The molecule has 0 spiro atoms. The van der Waals surface area contributed by atoms with Crippen LogP contribution in [0.4, 0.5) is 5.82 Å². The standard InChI is InChI=1S/C11H10N2O3/c1-16-8-4-2-3-6-5-7(11(14)15)10(12)13-9(6)8/h2-5H,1H3,(H2,12,13)(H,14,15). The Morgan fingerprint density at radius 3 is 2.88 bits per heavy atom. The van der Waals surface area contributed by atoms with Gasteiger partial charge in [-0.1, -0.05) is 12.1 Å². The zero-order valence-electron chi connectivity index (χ0n) is 8.60. The number of carboxylic acids is 1. The molecular weight excluding hydrogens is 208 g/mol. The minimum Gasteiger partial charge on any atom is -0.494 e. The highest BCUT2D eigenvalue weighted by Gasteiger charge is 2.12. The highest BCUT2D eigenvalue weighted by molar-refractivity contribution is 5.98. The molecule has 1 aromatic carbocycles. The molecule has 2 aromatic rings. The third-order valence-corrected chi connectivity index (χ3v) is 2.29. The maximum Gasteiger partial charge on any atom is 0.339 e. The van der Waals surface area contributed by atoms with E-state index in [-0.39, 0.29) is 11.4 Å². The maximum atomic E-state index is 10.9. The highest BCUT2D eigenvalue weighted by Crippen LogP contribution is 2.26. The molecular formula is C11H10N2O3. The summed E-state index contributed by atoms with van der Waals surface area (Å²) in [5, 5.41) is 9.59. The quantitative estimate of drug-likeness (QED) is 0.798. The number of anilines is 1. The number of nitrogens with two attached hydrogens (primary N) is 1. The molecule has 1 aromatic heterocycles. The van der Waals surface area contributed by atoms with Crippen molar-refractivity contribution >= 4 is 22.7 Å². The topological polar surface area (TPSA) is 85.4 Å². The summed E-state index contributed by atoms with van der Waals surface area (Å²) >= 11 is 0. The van der Waals surface area contributed by atoms with E-state index in [0.29, 0.717) is 16.7 Å². The second kappa shape index (κ2) is 3.69. The molecule has 0 atom stereocenters. The molecule has 0 saturated carbocycles. The second-order valence-electron chi connectivity index (χ2n) is 3.26. The zero-order valence-corrected chi connectivity index (χ0v) is 8.60. The van der Waals surface area contributed by atoms with Crippen molar-refractivity contribution in [3.05, 3.63) is 29.8 Å². The molecule has 0 bridgehead atoms. The Kier molecular flexibility index (Phi) is 2.36. The summed E-state index contributed by atoms with van der Waals surface area (Å²) in [5.74, 6) is -0.527. The first-order valence-electron chi connectivity index (χ1n) is 4.60. The summed E-state index contributed by atoms with van der Waals surface area (Å²) in [5.41, 5.74) is 6.13. The third-order valence-electron chi connectivity index (χ3n) is 2.29. The van der Waals surface area contributed by atoms with Crippen molar-refractivity contribution in [1.82, 2.24) is 4.98 Å². The number of nitrogen functional groups attached to an aromatic ring is 1. The lowest BCUT2D eigenvalue weighted by molar-refractivity contribution is 0.0698. The normalized spacial score (nSPS) is 10.3. The minimum absolute atomic E-state index is 0.000697. The number of aromatic nitrogens is 1. The van der Waals surface area contributed by atoms with Crippen molar-refractivity contribution in [2.24, 2.45) is 0 Å². The van der Waals surface area contributed by atoms with Crippen LogP contribution in [0.25, 0.3) is 10.9 Å². The van der Waals surface area contributed by atoms with E-state index >= 15 is 0 Å². The molecule has 0 aliphatic rings. The van der Waals surface area contributed by atoms with Crippen LogP contribution in [0.5, 0.6) is 5.75 Å². The molecule has 0 radical (unpaired) electrons. The number of aromatic carboxylic acids is 1. The van der Waals surface area contributed by atoms with E-state index in [1.807, 2.05) is 0 Å². The van der Waals surface area contributed by atoms with Gasteiger partial charge in [-0.15, -0.1) is 0 Å². The molecule has 5 heteroatoms. The van der Waals surface area contributed by atoms with Crippen LogP contribution in [0.15, 0.2) is 24.3 Å². The van der Waals surface area contributed by atoms with Crippen molar-refractivity contribution in [3.63, 3.8) is 0 Å². The van der Waals surface area contributed by atoms with Gasteiger partial charge in [0.25, 0.3) is 0 Å². The number of fused-ring (bicyclic) bond motifs is 1. The van der Waals surface area contributed by atoms with Gasteiger partial charge in [-0.2, -0.15) is 0 Å². The van der Waals surface area contributed by atoms with Gasteiger partial charge in [0.15, 0.2) is 0 Å². The third kappa shape index (κ3) is 1.52. The summed E-state index contributed by atoms with van der Waals surface area (Å²) in [6.45, 7) is 0. The minimum atomic E-state index is -1.09. The van der Waals surface area contributed by atoms with Gasteiger partial charge in [0, 0.05) is 5.39 Å². The van der Waals surface area contributed by atoms with Gasteiger partial charge in [0.1, 0.15) is 22.6 Å². The monoisotopic (exact) mass is 218 g/mol. The molecule has 0 aliphatic carbocycles. The van der Waals surface area contributed by atoms with Crippen molar-refractivity contribution in [2.45, 2.75) is 0 Å². The van der Waals surface area contributed by atoms with E-state index in [1.54, 1.807) is 18.2 Å². The molecule has 1 heterocycles. The number of methoxy groups -OCH3 is 1. The van der Waals surface area contributed by atoms with E-state index in [4.69, 9.17) is 15.6 Å². The van der Waals surface area contributed by atoms with Crippen LogP contribution in [0.1, 0.15) is 10.4 Å². The first-order chi connectivity index (χ1) is 7.63. The number of rotatable bonds is 2. The number of carbonyl (C=O) groups is 1. The number of pyridine rings is 1. The fraction of sp³-hybridized carbons (Fsp3) is 0.0909. The van der Waals surface area contributed by atoms with Gasteiger partial charge in [-0.3, -0.25) is 0 Å². The lowest BCUT2D eigenvalue weighted by atomic mass is 10.1. The number of para-hydroxylation sites is 1. The molecule has 0 unspecified atom stereocenters. The molecule has 0 fully saturated rings. The Labute approximate surface area is 91.5 Å². The van der Waals surface area contributed by atoms with Gasteiger partial charge in [0.05, 0.1) is 7.11 Å². The van der Waals surface area contributed by atoms with Gasteiger partial charge < -0.3 is 15.6 Å². The molecule has 82 valence electrons. The van der Waals surface area contributed by atoms with Crippen molar-refractivity contribution in [1.29, 1.82) is 0 Å². The Bertz CT molecular complexity index is 566. The van der Waals surface area contributed by atoms with E-state index in [1.165, 1.54) is 13.2 Å². The van der Waals surface area contributed by atoms with Gasteiger partial charge in [-0.25, -0.2) is 9.78 Å². The summed E-state index contributed by atoms with van der Waals surface area (Å²) in [4.78, 5) is 14.9. The van der Waals surface area contributed by atoms with Crippen LogP contribution in [0.3, 0.4) is 0 Å². The highest BCUT2D eigenvalue weighted by atomic mass is 16.5. The van der Waals surface area contributed by atoms with Gasteiger partial charge in [0.2, 0.25) is 0 Å². The fourth-order valence-electron chi connectivity index (χ4n) is 1.52.